The van der Waals surface area contributed by atoms with Crippen LogP contribution >= 0.6 is 0 Å². The maximum absolute atomic E-state index is 12.7. The van der Waals surface area contributed by atoms with Gasteiger partial charge in [-0.3, -0.25) is 4.79 Å². The minimum Gasteiger partial charge on any atom is -0.449 e. The van der Waals surface area contributed by atoms with Gasteiger partial charge in [0.1, 0.15) is 0 Å². The molecular formula is C20H27NO5S. The largest absolute Gasteiger partial charge is 0.449 e. The molecular weight excluding hydrogens is 366 g/mol. The van der Waals surface area contributed by atoms with E-state index in [0.717, 1.165) is 19.3 Å². The molecule has 0 spiro atoms. The summed E-state index contributed by atoms with van der Waals surface area (Å²) in [5, 5.41) is 0. The number of carbonyl (C=O) groups is 2. The van der Waals surface area contributed by atoms with Gasteiger partial charge in [0, 0.05) is 12.6 Å². The second-order valence-electron chi connectivity index (χ2n) is 7.42. The smallest absolute Gasteiger partial charge is 0.338 e. The lowest BCUT2D eigenvalue weighted by Crippen LogP contribution is -2.46. The first-order chi connectivity index (χ1) is 12.8. The molecule has 0 radical (unpaired) electrons. The highest BCUT2D eigenvalue weighted by atomic mass is 32.2. The summed E-state index contributed by atoms with van der Waals surface area (Å²) in [6, 6.07) is 5.26. The number of esters is 1. The van der Waals surface area contributed by atoms with E-state index in [4.69, 9.17) is 4.74 Å². The fraction of sp³-hybridized carbons (Fsp3) is 0.600. The Morgan fingerprint density at radius 2 is 1.93 bits per heavy atom. The highest BCUT2D eigenvalue weighted by molar-refractivity contribution is 7.91. The molecule has 0 N–H and O–H groups in total. The summed E-state index contributed by atoms with van der Waals surface area (Å²) in [7, 11) is -3.09. The van der Waals surface area contributed by atoms with Crippen LogP contribution in [0.2, 0.25) is 0 Å². The quantitative estimate of drug-likeness (QED) is 0.716. The lowest BCUT2D eigenvalue weighted by atomic mass is 9.90. The summed E-state index contributed by atoms with van der Waals surface area (Å²) < 4.78 is 28.8. The lowest BCUT2D eigenvalue weighted by molar-refractivity contribution is -0.141. The van der Waals surface area contributed by atoms with Crippen molar-refractivity contribution < 1.29 is 22.7 Å². The van der Waals surface area contributed by atoms with E-state index in [1.807, 2.05) is 12.1 Å². The van der Waals surface area contributed by atoms with Crippen molar-refractivity contribution in [2.75, 3.05) is 18.1 Å². The maximum Gasteiger partial charge on any atom is 0.338 e. The number of hydrogen-bond acceptors (Lipinski definition) is 5. The Morgan fingerprint density at radius 3 is 2.56 bits per heavy atom. The van der Waals surface area contributed by atoms with Gasteiger partial charge >= 0.3 is 5.97 Å². The topological polar surface area (TPSA) is 80.8 Å². The summed E-state index contributed by atoms with van der Waals surface area (Å²) in [5.41, 5.74) is 2.92. The number of ether oxygens (including phenoxy) is 1. The standard InChI is InChI=1S/C20H27NO5S/c1-3-21(18-10-11-27(24,25)13-18)19(22)14(2)26-20(23)17-9-8-15-6-4-5-7-16(15)12-17/h8-9,12,14,18H,3-7,10-11,13H2,1-2H3/t14-,18-/m0/s1. The number of nitrogens with zero attached hydrogens (tertiary/aromatic N) is 1. The van der Waals surface area contributed by atoms with Gasteiger partial charge in [-0.2, -0.15) is 0 Å². The summed E-state index contributed by atoms with van der Waals surface area (Å²) in [6.45, 7) is 3.74. The Hall–Kier alpha value is -1.89. The van der Waals surface area contributed by atoms with Crippen molar-refractivity contribution in [3.8, 4) is 0 Å². The molecule has 0 saturated carbocycles. The molecule has 0 aromatic heterocycles. The monoisotopic (exact) mass is 393 g/mol. The molecule has 27 heavy (non-hydrogen) atoms. The van der Waals surface area contributed by atoms with Crippen LogP contribution in [0.1, 0.15) is 54.6 Å². The highest BCUT2D eigenvalue weighted by Crippen LogP contribution is 2.23. The van der Waals surface area contributed by atoms with Crippen LogP contribution in [-0.2, 0) is 32.2 Å². The minimum atomic E-state index is -3.09. The molecule has 0 bridgehead atoms. The van der Waals surface area contributed by atoms with Crippen LogP contribution in [0, 0.1) is 0 Å². The van der Waals surface area contributed by atoms with E-state index in [1.54, 1.807) is 19.9 Å². The average molecular weight is 394 g/mol. The van der Waals surface area contributed by atoms with E-state index in [0.29, 0.717) is 18.5 Å². The van der Waals surface area contributed by atoms with Crippen molar-refractivity contribution in [2.45, 2.75) is 58.1 Å². The van der Waals surface area contributed by atoms with Crippen LogP contribution < -0.4 is 0 Å². The first-order valence-electron chi connectivity index (χ1n) is 9.64. The molecule has 1 aliphatic heterocycles. The van der Waals surface area contributed by atoms with Gasteiger partial charge in [0.15, 0.2) is 15.9 Å². The summed E-state index contributed by atoms with van der Waals surface area (Å²) in [4.78, 5) is 26.7. The zero-order valence-corrected chi connectivity index (χ0v) is 16.8. The van der Waals surface area contributed by atoms with Gasteiger partial charge in [-0.25, -0.2) is 13.2 Å². The number of likely N-dealkylation sites (N-methyl/N-ethyl adjacent to an activating group) is 1. The molecule has 1 aromatic carbocycles. The lowest BCUT2D eigenvalue weighted by Gasteiger charge is -2.29. The van der Waals surface area contributed by atoms with Gasteiger partial charge in [-0.15, -0.1) is 0 Å². The molecule has 1 aromatic rings. The summed E-state index contributed by atoms with van der Waals surface area (Å²) in [5.74, 6) is -0.770. The van der Waals surface area contributed by atoms with Gasteiger partial charge in [0.05, 0.1) is 17.1 Å². The van der Waals surface area contributed by atoms with E-state index >= 15 is 0 Å². The molecule has 1 heterocycles. The number of aryl methyl sites for hydroxylation is 2. The molecule has 6 nitrogen and oxygen atoms in total. The zero-order chi connectivity index (χ0) is 19.6. The normalized spacial score (nSPS) is 21.9. The van der Waals surface area contributed by atoms with Crippen LogP contribution in [0.4, 0.5) is 0 Å². The molecule has 1 saturated heterocycles. The molecule has 148 valence electrons. The first kappa shape index (κ1) is 19.9. The van der Waals surface area contributed by atoms with Gasteiger partial charge in [0.25, 0.3) is 5.91 Å². The number of fused-ring (bicyclic) bond motifs is 1. The molecule has 1 amide bonds. The van der Waals surface area contributed by atoms with E-state index in [9.17, 15) is 18.0 Å². The first-order valence-corrected chi connectivity index (χ1v) is 11.5. The number of amides is 1. The third kappa shape index (κ3) is 4.51. The fourth-order valence-electron chi connectivity index (χ4n) is 3.99. The maximum atomic E-state index is 12.7. The summed E-state index contributed by atoms with van der Waals surface area (Å²) >= 11 is 0. The predicted molar refractivity (Wildman–Crippen MR) is 102 cm³/mol. The van der Waals surface area contributed by atoms with Crippen LogP contribution in [0.25, 0.3) is 0 Å². The summed E-state index contributed by atoms with van der Waals surface area (Å²) in [6.07, 6.45) is 3.78. The van der Waals surface area contributed by atoms with Crippen molar-refractivity contribution in [1.29, 1.82) is 0 Å². The number of sulfone groups is 1. The van der Waals surface area contributed by atoms with Gasteiger partial charge in [-0.05, 0) is 69.2 Å². The second-order valence-corrected chi connectivity index (χ2v) is 9.65. The zero-order valence-electron chi connectivity index (χ0n) is 15.9. The van der Waals surface area contributed by atoms with E-state index < -0.39 is 21.9 Å². The number of hydrogen-bond donors (Lipinski definition) is 0. The predicted octanol–water partition coefficient (Wildman–Crippen LogP) is 2.15. The van der Waals surface area contributed by atoms with Crippen LogP contribution in [0.3, 0.4) is 0 Å². The molecule has 0 unspecified atom stereocenters. The fourth-order valence-corrected chi connectivity index (χ4v) is 5.72. The van der Waals surface area contributed by atoms with Crippen molar-refractivity contribution in [2.24, 2.45) is 0 Å². The van der Waals surface area contributed by atoms with E-state index in [2.05, 4.69) is 0 Å². The molecule has 1 aliphatic carbocycles. The Morgan fingerprint density at radius 1 is 1.22 bits per heavy atom. The highest BCUT2D eigenvalue weighted by Gasteiger charge is 2.36. The van der Waals surface area contributed by atoms with Crippen molar-refractivity contribution in [3.63, 3.8) is 0 Å². The Kier molecular flexibility index (Phi) is 5.89. The van der Waals surface area contributed by atoms with Crippen molar-refractivity contribution in [1.82, 2.24) is 4.90 Å². The van der Waals surface area contributed by atoms with E-state index in [-0.39, 0.29) is 23.5 Å². The van der Waals surface area contributed by atoms with Gasteiger partial charge < -0.3 is 9.64 Å². The van der Waals surface area contributed by atoms with Gasteiger partial charge in [-0.1, -0.05) is 6.07 Å². The Balaban J connectivity index is 1.65. The average Bonchev–Trinajstić information content (AvgIpc) is 3.01. The van der Waals surface area contributed by atoms with E-state index in [1.165, 1.54) is 22.4 Å². The van der Waals surface area contributed by atoms with Crippen molar-refractivity contribution in [3.05, 3.63) is 34.9 Å². The van der Waals surface area contributed by atoms with Crippen LogP contribution in [0.15, 0.2) is 18.2 Å². The van der Waals surface area contributed by atoms with Gasteiger partial charge in [0.2, 0.25) is 0 Å². The molecule has 2 atom stereocenters. The molecule has 2 aliphatic rings. The third-order valence-corrected chi connectivity index (χ3v) is 7.24. The Labute approximate surface area is 160 Å². The molecule has 7 heteroatoms. The van der Waals surface area contributed by atoms with Crippen LogP contribution in [-0.4, -0.2) is 55.4 Å². The number of benzene rings is 1. The number of carbonyl (C=O) groups excluding carboxylic acids is 2. The molecule has 3 rings (SSSR count). The second kappa shape index (κ2) is 8.00. The third-order valence-electron chi connectivity index (χ3n) is 5.49. The van der Waals surface area contributed by atoms with Crippen LogP contribution in [0.5, 0.6) is 0 Å². The molecule has 1 fully saturated rings. The number of rotatable bonds is 5. The SMILES string of the molecule is CCN(C(=O)[C@H](C)OC(=O)c1ccc2c(c1)CCCC2)[C@H]1CCS(=O)(=O)C1. The Bertz CT molecular complexity index is 833. The van der Waals surface area contributed by atoms with Crippen molar-refractivity contribution >= 4 is 21.7 Å². The minimum absolute atomic E-state index is 0.0158.